The maximum Gasteiger partial charge on any atom is 0.305 e. The Labute approximate surface area is 170 Å². The van der Waals surface area contributed by atoms with Crippen LogP contribution < -0.4 is 0 Å². The van der Waals surface area contributed by atoms with Crippen LogP contribution in [0.1, 0.15) is 78.6 Å². The number of methoxy groups -OCH3 is 1. The summed E-state index contributed by atoms with van der Waals surface area (Å²) in [5.41, 5.74) is 0.654. The van der Waals surface area contributed by atoms with Crippen molar-refractivity contribution in [2.45, 2.75) is 78.6 Å². The molecule has 8 atom stereocenters. The molecule has 0 saturated heterocycles. The first kappa shape index (κ1) is 20.2. The zero-order valence-electron chi connectivity index (χ0n) is 18.2. The van der Waals surface area contributed by atoms with Gasteiger partial charge in [0.15, 0.2) is 5.78 Å². The Kier molecular flexibility index (Phi) is 5.25. The Morgan fingerprint density at radius 1 is 1.18 bits per heavy atom. The first-order chi connectivity index (χ1) is 13.3. The van der Waals surface area contributed by atoms with E-state index in [0.717, 1.165) is 36.5 Å². The van der Waals surface area contributed by atoms with Gasteiger partial charge in [-0.2, -0.15) is 0 Å². The summed E-state index contributed by atoms with van der Waals surface area (Å²) >= 11 is 0. The maximum atomic E-state index is 12.0. The molecule has 0 N–H and O–H groups in total. The van der Waals surface area contributed by atoms with Gasteiger partial charge in [0.25, 0.3) is 0 Å². The van der Waals surface area contributed by atoms with E-state index in [4.69, 9.17) is 4.74 Å². The molecule has 3 heteroatoms. The van der Waals surface area contributed by atoms with Crippen LogP contribution in [0.3, 0.4) is 0 Å². The minimum absolute atomic E-state index is 0.0693. The lowest BCUT2D eigenvalue weighted by molar-refractivity contribution is -0.141. The standard InChI is InChI=1S/C25H38O3/c1-16(5-10-23(27)28-4)20-8-9-21-19-7-6-17-15-18(26)11-13-24(17,2)22(19)12-14-25(20,21)3/h11,13,16-17,19-22H,5-10,12,14-15H2,1-4H3/t16-,17-,19+,20-,21+,22+,24+,25-/m1/s1. The van der Waals surface area contributed by atoms with Crippen LogP contribution in [0.4, 0.5) is 0 Å². The monoisotopic (exact) mass is 386 g/mol. The molecule has 4 aliphatic rings. The fourth-order valence-corrected chi connectivity index (χ4v) is 8.26. The van der Waals surface area contributed by atoms with Gasteiger partial charge in [0.05, 0.1) is 7.11 Å². The van der Waals surface area contributed by atoms with E-state index in [2.05, 4.69) is 26.8 Å². The molecule has 3 saturated carbocycles. The fourth-order valence-electron chi connectivity index (χ4n) is 8.26. The molecule has 28 heavy (non-hydrogen) atoms. The van der Waals surface area contributed by atoms with Crippen LogP contribution in [0.5, 0.6) is 0 Å². The van der Waals surface area contributed by atoms with E-state index < -0.39 is 0 Å². The number of esters is 1. The molecule has 0 aromatic carbocycles. The number of carbonyl (C=O) groups is 2. The molecule has 0 aromatic rings. The Bertz CT molecular complexity index is 667. The van der Waals surface area contributed by atoms with Gasteiger partial charge in [0, 0.05) is 12.8 Å². The minimum Gasteiger partial charge on any atom is -0.469 e. The normalized spacial score (nSPS) is 45.7. The number of ketones is 1. The predicted molar refractivity (Wildman–Crippen MR) is 111 cm³/mol. The smallest absolute Gasteiger partial charge is 0.305 e. The average Bonchev–Trinajstić information content (AvgIpc) is 3.03. The lowest BCUT2D eigenvalue weighted by Crippen LogP contribution is -2.52. The van der Waals surface area contributed by atoms with Gasteiger partial charge >= 0.3 is 5.97 Å². The average molecular weight is 387 g/mol. The van der Waals surface area contributed by atoms with Crippen LogP contribution in [0.2, 0.25) is 0 Å². The highest BCUT2D eigenvalue weighted by Crippen LogP contribution is 2.67. The summed E-state index contributed by atoms with van der Waals surface area (Å²) in [6.07, 6.45) is 14.3. The number of allylic oxidation sites excluding steroid dienone is 2. The molecule has 0 heterocycles. The zero-order valence-corrected chi connectivity index (χ0v) is 18.2. The summed E-state index contributed by atoms with van der Waals surface area (Å²) in [5.74, 6) is 4.53. The summed E-state index contributed by atoms with van der Waals surface area (Å²) < 4.78 is 4.87. The Morgan fingerprint density at radius 3 is 2.71 bits per heavy atom. The number of carbonyl (C=O) groups excluding carboxylic acids is 2. The molecule has 0 bridgehead atoms. The van der Waals surface area contributed by atoms with E-state index in [9.17, 15) is 9.59 Å². The predicted octanol–water partition coefficient (Wildman–Crippen LogP) is 5.58. The van der Waals surface area contributed by atoms with Gasteiger partial charge in [0.1, 0.15) is 0 Å². The summed E-state index contributed by atoms with van der Waals surface area (Å²) in [5, 5.41) is 0. The molecule has 0 radical (unpaired) electrons. The van der Waals surface area contributed by atoms with Crippen LogP contribution in [0, 0.1) is 46.3 Å². The van der Waals surface area contributed by atoms with Gasteiger partial charge in [-0.25, -0.2) is 0 Å². The topological polar surface area (TPSA) is 43.4 Å². The van der Waals surface area contributed by atoms with Gasteiger partial charge in [-0.1, -0.05) is 26.8 Å². The summed E-state index contributed by atoms with van der Waals surface area (Å²) in [6, 6.07) is 0. The van der Waals surface area contributed by atoms with E-state index in [-0.39, 0.29) is 11.4 Å². The third-order valence-corrected chi connectivity index (χ3v) is 9.83. The lowest BCUT2D eigenvalue weighted by atomic mass is 9.45. The summed E-state index contributed by atoms with van der Waals surface area (Å²) in [6.45, 7) is 7.38. The van der Waals surface area contributed by atoms with Crippen molar-refractivity contribution in [3.63, 3.8) is 0 Å². The third kappa shape index (κ3) is 3.08. The minimum atomic E-state index is -0.0693. The highest BCUT2D eigenvalue weighted by Gasteiger charge is 2.59. The van der Waals surface area contributed by atoms with Crippen LogP contribution in [0.25, 0.3) is 0 Å². The SMILES string of the molecule is COC(=O)CC[C@@H](C)[C@H]1CC[C@H]2[C@@H]3CC[C@@H]4CC(=O)C=C[C@]4(C)[C@H]3CC[C@]12C. The second-order valence-corrected chi connectivity index (χ2v) is 10.8. The van der Waals surface area contributed by atoms with Crippen molar-refractivity contribution in [3.8, 4) is 0 Å². The van der Waals surface area contributed by atoms with Crippen molar-refractivity contribution in [3.05, 3.63) is 12.2 Å². The summed E-state index contributed by atoms with van der Waals surface area (Å²) in [7, 11) is 1.49. The van der Waals surface area contributed by atoms with Crippen molar-refractivity contribution in [2.75, 3.05) is 7.11 Å². The Hall–Kier alpha value is -1.12. The van der Waals surface area contributed by atoms with Crippen LogP contribution in [0.15, 0.2) is 12.2 Å². The van der Waals surface area contributed by atoms with E-state index in [1.165, 1.54) is 45.6 Å². The molecule has 4 aliphatic carbocycles. The van der Waals surface area contributed by atoms with Crippen LogP contribution in [-0.2, 0) is 14.3 Å². The van der Waals surface area contributed by atoms with E-state index in [0.29, 0.717) is 29.5 Å². The van der Waals surface area contributed by atoms with E-state index in [1.807, 2.05) is 6.08 Å². The second kappa shape index (κ2) is 7.29. The molecular weight excluding hydrogens is 348 g/mol. The first-order valence-corrected chi connectivity index (χ1v) is 11.6. The van der Waals surface area contributed by atoms with Crippen molar-refractivity contribution < 1.29 is 14.3 Å². The highest BCUT2D eigenvalue weighted by molar-refractivity contribution is 5.91. The molecule has 0 unspecified atom stereocenters. The van der Waals surface area contributed by atoms with E-state index >= 15 is 0 Å². The molecule has 0 aromatic heterocycles. The fraction of sp³-hybridized carbons (Fsp3) is 0.840. The number of rotatable bonds is 4. The van der Waals surface area contributed by atoms with Crippen molar-refractivity contribution in [1.29, 1.82) is 0 Å². The van der Waals surface area contributed by atoms with Crippen molar-refractivity contribution in [2.24, 2.45) is 46.3 Å². The van der Waals surface area contributed by atoms with Crippen LogP contribution >= 0.6 is 0 Å². The van der Waals surface area contributed by atoms with Crippen molar-refractivity contribution >= 4 is 11.8 Å². The number of hydrogen-bond donors (Lipinski definition) is 0. The van der Waals surface area contributed by atoms with Crippen molar-refractivity contribution in [1.82, 2.24) is 0 Å². The van der Waals surface area contributed by atoms with Gasteiger partial charge in [-0.15, -0.1) is 0 Å². The lowest BCUT2D eigenvalue weighted by Gasteiger charge is -2.59. The number of ether oxygens (including phenoxy) is 1. The van der Waals surface area contributed by atoms with Gasteiger partial charge < -0.3 is 4.74 Å². The quantitative estimate of drug-likeness (QED) is 0.592. The number of hydrogen-bond acceptors (Lipinski definition) is 3. The van der Waals surface area contributed by atoms with Crippen LogP contribution in [-0.4, -0.2) is 18.9 Å². The van der Waals surface area contributed by atoms with Gasteiger partial charge in [0.2, 0.25) is 0 Å². The van der Waals surface area contributed by atoms with E-state index in [1.54, 1.807) is 0 Å². The molecule has 4 rings (SSSR count). The molecule has 156 valence electrons. The Morgan fingerprint density at radius 2 is 1.96 bits per heavy atom. The second-order valence-electron chi connectivity index (χ2n) is 10.8. The maximum absolute atomic E-state index is 12.0. The molecule has 3 fully saturated rings. The molecule has 0 amide bonds. The highest BCUT2D eigenvalue weighted by atomic mass is 16.5. The molecule has 3 nitrogen and oxygen atoms in total. The third-order valence-electron chi connectivity index (χ3n) is 9.83. The first-order valence-electron chi connectivity index (χ1n) is 11.6. The number of fused-ring (bicyclic) bond motifs is 5. The molecular formula is C25H38O3. The zero-order chi connectivity index (χ0) is 20.1. The Balaban J connectivity index is 1.51. The summed E-state index contributed by atoms with van der Waals surface area (Å²) in [4.78, 5) is 23.6. The largest absolute Gasteiger partial charge is 0.469 e. The van der Waals surface area contributed by atoms with Gasteiger partial charge in [-0.05, 0) is 97.4 Å². The molecule has 0 aliphatic heterocycles. The molecule has 0 spiro atoms. The van der Waals surface area contributed by atoms with Gasteiger partial charge in [-0.3, -0.25) is 9.59 Å².